The summed E-state index contributed by atoms with van der Waals surface area (Å²) in [4.78, 5) is 26.5. The number of aromatic nitrogens is 3. The monoisotopic (exact) mass is 448 g/mol. The van der Waals surface area contributed by atoms with Crippen molar-refractivity contribution < 1.29 is 14.3 Å². The maximum Gasteiger partial charge on any atom is 0.255 e. The van der Waals surface area contributed by atoms with Gasteiger partial charge in [0.25, 0.3) is 5.91 Å². The van der Waals surface area contributed by atoms with E-state index >= 15 is 0 Å². The highest BCUT2D eigenvalue weighted by atomic mass is 16.5. The highest BCUT2D eigenvalue weighted by Gasteiger charge is 2.23. The van der Waals surface area contributed by atoms with E-state index in [1.165, 1.54) is 0 Å². The molecule has 1 aliphatic rings. The Labute approximate surface area is 193 Å². The molecule has 1 aliphatic heterocycles. The summed E-state index contributed by atoms with van der Waals surface area (Å²) in [5, 5.41) is 3.16. The van der Waals surface area contributed by atoms with E-state index in [1.54, 1.807) is 25.6 Å². The number of nitrogens with one attached hydrogen (secondary N) is 1. The number of pyridine rings is 1. The molecule has 1 atom stereocenters. The number of hydrogen-bond acceptors (Lipinski definition) is 8. The van der Waals surface area contributed by atoms with Crippen LogP contribution in [0.4, 0.5) is 11.6 Å². The molecule has 1 fully saturated rings. The molecule has 4 rings (SSSR count). The number of anilines is 2. The minimum Gasteiger partial charge on any atom is -0.493 e. The van der Waals surface area contributed by atoms with Crippen molar-refractivity contribution in [1.82, 2.24) is 19.9 Å². The van der Waals surface area contributed by atoms with Crippen LogP contribution in [-0.2, 0) is 11.3 Å². The lowest BCUT2D eigenvalue weighted by molar-refractivity contribution is -0.119. The normalized spacial score (nSPS) is 16.2. The predicted octanol–water partition coefficient (Wildman–Crippen LogP) is 2.87. The molecule has 1 saturated heterocycles. The molecule has 9 heteroatoms. The molecule has 2 aromatic heterocycles. The predicted molar refractivity (Wildman–Crippen MR) is 124 cm³/mol. The highest BCUT2D eigenvalue weighted by Crippen LogP contribution is 2.31. The Bertz CT molecular complexity index is 1060. The van der Waals surface area contributed by atoms with Gasteiger partial charge in [0.1, 0.15) is 0 Å². The number of methoxy groups -OCH3 is 1. The summed E-state index contributed by atoms with van der Waals surface area (Å²) >= 11 is 0. The Hall–Kier alpha value is -3.72. The third-order valence-corrected chi connectivity index (χ3v) is 5.54. The van der Waals surface area contributed by atoms with Gasteiger partial charge in [-0.3, -0.25) is 14.7 Å². The van der Waals surface area contributed by atoms with E-state index in [2.05, 4.69) is 26.3 Å². The quantitative estimate of drug-likeness (QED) is 0.513. The number of carbonyl (C=O) groups is 1. The van der Waals surface area contributed by atoms with Gasteiger partial charge in [0.15, 0.2) is 18.1 Å². The average Bonchev–Trinajstić information content (AvgIpc) is 2.84. The smallest absolute Gasteiger partial charge is 0.255 e. The number of nitrogens with two attached hydrogens (primary N) is 1. The van der Waals surface area contributed by atoms with Gasteiger partial charge < -0.3 is 20.5 Å². The number of hydrogen-bond donors (Lipinski definition) is 2. The number of primary amides is 1. The lowest BCUT2D eigenvalue weighted by Gasteiger charge is -2.32. The first-order chi connectivity index (χ1) is 16.1. The minimum atomic E-state index is -0.522. The Morgan fingerprint density at radius 2 is 2.03 bits per heavy atom. The fraction of sp³-hybridized carbons (Fsp3) is 0.333. The Morgan fingerprint density at radius 3 is 2.76 bits per heavy atom. The lowest BCUT2D eigenvalue weighted by atomic mass is 9.94. The van der Waals surface area contributed by atoms with Gasteiger partial charge in [-0.15, -0.1) is 0 Å². The van der Waals surface area contributed by atoms with Crippen LogP contribution < -0.4 is 20.5 Å². The second kappa shape index (κ2) is 10.7. The molecule has 9 nitrogen and oxygen atoms in total. The molecule has 3 aromatic rings. The topological polar surface area (TPSA) is 115 Å². The largest absolute Gasteiger partial charge is 0.493 e. The summed E-state index contributed by atoms with van der Waals surface area (Å²) < 4.78 is 10.9. The Balaban J connectivity index is 1.37. The second-order valence-corrected chi connectivity index (χ2v) is 7.98. The third-order valence-electron chi connectivity index (χ3n) is 5.54. The second-order valence-electron chi connectivity index (χ2n) is 7.98. The number of carbonyl (C=O) groups excluding carboxylic acids is 1. The molecule has 1 aromatic carbocycles. The van der Waals surface area contributed by atoms with Crippen molar-refractivity contribution in [2.24, 2.45) is 5.73 Å². The van der Waals surface area contributed by atoms with Crippen molar-refractivity contribution in [3.05, 3.63) is 66.2 Å². The fourth-order valence-corrected chi connectivity index (χ4v) is 3.99. The van der Waals surface area contributed by atoms with Crippen molar-refractivity contribution in [3.63, 3.8) is 0 Å². The van der Waals surface area contributed by atoms with Crippen molar-refractivity contribution in [3.8, 4) is 11.5 Å². The summed E-state index contributed by atoms with van der Waals surface area (Å²) in [5.41, 5.74) is 8.24. The van der Waals surface area contributed by atoms with Gasteiger partial charge in [-0.2, -0.15) is 0 Å². The maximum atomic E-state index is 11.0. The van der Waals surface area contributed by atoms with E-state index < -0.39 is 5.91 Å². The minimum absolute atomic E-state index is 0.177. The molecule has 0 aliphatic carbocycles. The Morgan fingerprint density at radius 1 is 1.18 bits per heavy atom. The summed E-state index contributed by atoms with van der Waals surface area (Å²) in [5.74, 6) is 1.51. The van der Waals surface area contributed by atoms with Gasteiger partial charge in [0.2, 0.25) is 5.95 Å². The Kier molecular flexibility index (Phi) is 7.31. The van der Waals surface area contributed by atoms with Crippen LogP contribution in [0, 0.1) is 0 Å². The van der Waals surface area contributed by atoms with Gasteiger partial charge in [0, 0.05) is 37.1 Å². The summed E-state index contributed by atoms with van der Waals surface area (Å²) in [6.07, 6.45) is 7.46. The van der Waals surface area contributed by atoms with E-state index in [9.17, 15) is 4.79 Å². The molecule has 3 heterocycles. The van der Waals surface area contributed by atoms with Gasteiger partial charge in [0.05, 0.1) is 19.0 Å². The number of rotatable bonds is 9. The van der Waals surface area contributed by atoms with Crippen LogP contribution >= 0.6 is 0 Å². The lowest BCUT2D eigenvalue weighted by Crippen LogP contribution is -2.34. The molecule has 1 unspecified atom stereocenters. The number of amides is 1. The third kappa shape index (κ3) is 6.17. The molecule has 0 radical (unpaired) electrons. The number of ether oxygens (including phenoxy) is 2. The highest BCUT2D eigenvalue weighted by molar-refractivity contribution is 5.75. The maximum absolute atomic E-state index is 11.0. The van der Waals surface area contributed by atoms with Crippen LogP contribution in [0.15, 0.2) is 55.0 Å². The van der Waals surface area contributed by atoms with Gasteiger partial charge in [-0.1, -0.05) is 6.07 Å². The number of nitrogens with zero attached hydrogens (tertiary/aromatic N) is 4. The van der Waals surface area contributed by atoms with Crippen molar-refractivity contribution in [1.29, 1.82) is 0 Å². The van der Waals surface area contributed by atoms with E-state index in [0.717, 1.165) is 49.4 Å². The zero-order chi connectivity index (χ0) is 23.0. The zero-order valence-corrected chi connectivity index (χ0v) is 18.6. The number of likely N-dealkylation sites (tertiary alicyclic amines) is 1. The van der Waals surface area contributed by atoms with E-state index in [0.29, 0.717) is 23.4 Å². The first kappa shape index (κ1) is 22.5. The van der Waals surface area contributed by atoms with Crippen LogP contribution in [0.25, 0.3) is 0 Å². The number of benzene rings is 1. The molecule has 0 saturated carbocycles. The first-order valence-corrected chi connectivity index (χ1v) is 10.9. The van der Waals surface area contributed by atoms with Gasteiger partial charge in [-0.05, 0) is 55.3 Å². The first-order valence-electron chi connectivity index (χ1n) is 10.9. The molecule has 1 amide bonds. The van der Waals surface area contributed by atoms with Gasteiger partial charge >= 0.3 is 0 Å². The molecule has 33 heavy (non-hydrogen) atoms. The molecule has 0 spiro atoms. The fourth-order valence-electron chi connectivity index (χ4n) is 3.99. The molecule has 172 valence electrons. The summed E-state index contributed by atoms with van der Waals surface area (Å²) in [6, 6.07) is 11.6. The summed E-state index contributed by atoms with van der Waals surface area (Å²) in [7, 11) is 1.58. The van der Waals surface area contributed by atoms with Crippen LogP contribution in [0.3, 0.4) is 0 Å². The SMILES string of the molecule is COc1cc(CN2CCCC(c3ccc(Nc4ncccn4)cn3)C2)ccc1OCC(N)=O. The molecule has 0 bridgehead atoms. The zero-order valence-electron chi connectivity index (χ0n) is 18.6. The van der Waals surface area contributed by atoms with Crippen molar-refractivity contribution in [2.75, 3.05) is 32.1 Å². The van der Waals surface area contributed by atoms with Crippen LogP contribution in [-0.4, -0.2) is 52.6 Å². The molecular weight excluding hydrogens is 420 g/mol. The van der Waals surface area contributed by atoms with Crippen LogP contribution in [0.1, 0.15) is 30.0 Å². The van der Waals surface area contributed by atoms with Crippen LogP contribution in [0.2, 0.25) is 0 Å². The standard InChI is InChI=1S/C24H28N6O3/c1-32-22-12-17(5-8-21(22)33-16-23(25)31)14-30-11-2-4-18(15-30)20-7-6-19(13-28-20)29-24-26-9-3-10-27-24/h3,5-10,12-13,18H,2,4,11,14-16H2,1H3,(H2,25,31)(H,26,27,29). The van der Waals surface area contributed by atoms with Crippen LogP contribution in [0.5, 0.6) is 11.5 Å². The van der Waals surface area contributed by atoms with E-state index in [1.807, 2.05) is 30.5 Å². The average molecular weight is 449 g/mol. The number of piperidine rings is 1. The van der Waals surface area contributed by atoms with E-state index in [-0.39, 0.29) is 6.61 Å². The molecular formula is C24H28N6O3. The van der Waals surface area contributed by atoms with Crippen molar-refractivity contribution >= 4 is 17.5 Å². The molecule has 3 N–H and O–H groups in total. The van der Waals surface area contributed by atoms with E-state index in [4.69, 9.17) is 20.2 Å². The van der Waals surface area contributed by atoms with Crippen molar-refractivity contribution in [2.45, 2.75) is 25.3 Å². The summed E-state index contributed by atoms with van der Waals surface area (Å²) in [6.45, 7) is 2.59. The van der Waals surface area contributed by atoms with Gasteiger partial charge in [-0.25, -0.2) is 9.97 Å².